The molecule has 18 heavy (non-hydrogen) atoms. The Morgan fingerprint density at radius 2 is 2.06 bits per heavy atom. The van der Waals surface area contributed by atoms with Gasteiger partial charge in [-0.2, -0.15) is 0 Å². The molecule has 1 heterocycles. The molecule has 0 N–H and O–H groups in total. The Morgan fingerprint density at radius 1 is 1.28 bits per heavy atom. The summed E-state index contributed by atoms with van der Waals surface area (Å²) in [5.74, 6) is -0.281. The van der Waals surface area contributed by atoms with E-state index in [4.69, 9.17) is 9.57 Å². The maximum atomic E-state index is 11.8. The van der Waals surface area contributed by atoms with E-state index in [1.807, 2.05) is 31.2 Å². The van der Waals surface area contributed by atoms with Gasteiger partial charge in [0, 0.05) is 12.6 Å². The van der Waals surface area contributed by atoms with Crippen molar-refractivity contribution in [1.82, 2.24) is 0 Å². The van der Waals surface area contributed by atoms with Gasteiger partial charge in [0.2, 0.25) is 0 Å². The Labute approximate surface area is 107 Å². The molecule has 1 aliphatic rings. The molecule has 0 spiro atoms. The first-order chi connectivity index (χ1) is 8.76. The summed E-state index contributed by atoms with van der Waals surface area (Å²) in [4.78, 5) is 17.3. The van der Waals surface area contributed by atoms with E-state index < -0.39 is 0 Å². The van der Waals surface area contributed by atoms with E-state index in [0.29, 0.717) is 25.2 Å². The van der Waals surface area contributed by atoms with E-state index in [1.165, 1.54) is 0 Å². The zero-order chi connectivity index (χ0) is 13.0. The third-order valence-electron chi connectivity index (χ3n) is 2.69. The number of benzene rings is 1. The highest BCUT2D eigenvalue weighted by molar-refractivity contribution is 5.90. The Kier molecular flexibility index (Phi) is 3.99. The second kappa shape index (κ2) is 5.69. The summed E-state index contributed by atoms with van der Waals surface area (Å²) in [6.07, 6.45) is 2.29. The van der Waals surface area contributed by atoms with Crippen molar-refractivity contribution in [2.75, 3.05) is 18.3 Å². The van der Waals surface area contributed by atoms with Gasteiger partial charge in [0.05, 0.1) is 24.5 Å². The first-order valence-electron chi connectivity index (χ1n) is 6.14. The van der Waals surface area contributed by atoms with Crippen LogP contribution in [0.5, 0.6) is 0 Å². The number of nitrogens with zero attached hydrogens (tertiary/aromatic N) is 1. The molecule has 0 saturated heterocycles. The van der Waals surface area contributed by atoms with Gasteiger partial charge < -0.3 is 4.74 Å². The molecular weight excluding hydrogens is 230 g/mol. The third-order valence-corrected chi connectivity index (χ3v) is 2.69. The molecule has 1 aromatic rings. The first kappa shape index (κ1) is 12.6. The number of carbonyl (C=O) groups is 1. The number of rotatable bonds is 4. The van der Waals surface area contributed by atoms with Crippen LogP contribution < -0.4 is 5.06 Å². The standard InChI is InChI=1S/C14H17NO3/c1-3-17-14(16)12-9-11-7-5-6-8-13(11)15(10-12)18-4-2/h5-8,10H,3-4,9H2,1-2H3. The molecular formula is C14H17NO3. The summed E-state index contributed by atoms with van der Waals surface area (Å²) in [7, 11) is 0. The number of esters is 1. The Hall–Kier alpha value is -1.81. The van der Waals surface area contributed by atoms with Gasteiger partial charge in [0.15, 0.2) is 0 Å². The molecule has 1 aromatic carbocycles. The highest BCUT2D eigenvalue weighted by Crippen LogP contribution is 2.29. The molecule has 4 nitrogen and oxygen atoms in total. The Bertz CT molecular complexity index is 468. The molecule has 1 aliphatic heterocycles. The fourth-order valence-electron chi connectivity index (χ4n) is 1.93. The van der Waals surface area contributed by atoms with Crippen LogP contribution in [0.3, 0.4) is 0 Å². The molecule has 0 atom stereocenters. The zero-order valence-electron chi connectivity index (χ0n) is 10.7. The minimum Gasteiger partial charge on any atom is -0.463 e. The molecule has 96 valence electrons. The summed E-state index contributed by atoms with van der Waals surface area (Å²) in [6, 6.07) is 7.88. The van der Waals surface area contributed by atoms with Crippen molar-refractivity contribution in [3.05, 3.63) is 41.6 Å². The summed E-state index contributed by atoms with van der Waals surface area (Å²) in [6.45, 7) is 4.64. The molecule has 0 unspecified atom stereocenters. The van der Waals surface area contributed by atoms with Gasteiger partial charge in [-0.1, -0.05) is 18.2 Å². The van der Waals surface area contributed by atoms with Crippen LogP contribution in [-0.2, 0) is 20.8 Å². The van der Waals surface area contributed by atoms with Crippen molar-refractivity contribution in [3.8, 4) is 0 Å². The number of hydroxylamine groups is 1. The van der Waals surface area contributed by atoms with Gasteiger partial charge in [0.25, 0.3) is 0 Å². The van der Waals surface area contributed by atoms with Crippen LogP contribution in [0.25, 0.3) is 0 Å². The van der Waals surface area contributed by atoms with Crippen LogP contribution >= 0.6 is 0 Å². The van der Waals surface area contributed by atoms with Crippen molar-refractivity contribution >= 4 is 11.7 Å². The minimum absolute atomic E-state index is 0.281. The van der Waals surface area contributed by atoms with Gasteiger partial charge in [-0.3, -0.25) is 4.84 Å². The van der Waals surface area contributed by atoms with Crippen LogP contribution in [0.4, 0.5) is 5.69 Å². The quantitative estimate of drug-likeness (QED) is 0.766. The molecule has 0 fully saturated rings. The Balaban J connectivity index is 2.29. The zero-order valence-corrected chi connectivity index (χ0v) is 10.7. The van der Waals surface area contributed by atoms with Gasteiger partial charge >= 0.3 is 5.97 Å². The van der Waals surface area contributed by atoms with Crippen LogP contribution in [0.2, 0.25) is 0 Å². The molecule has 0 aliphatic carbocycles. The fraction of sp³-hybridized carbons (Fsp3) is 0.357. The van der Waals surface area contributed by atoms with Crippen LogP contribution in [0, 0.1) is 0 Å². The monoisotopic (exact) mass is 247 g/mol. The predicted octanol–water partition coefficient (Wildman–Crippen LogP) is 2.45. The Morgan fingerprint density at radius 3 is 2.78 bits per heavy atom. The van der Waals surface area contributed by atoms with Crippen LogP contribution in [-0.4, -0.2) is 19.2 Å². The minimum atomic E-state index is -0.281. The van der Waals surface area contributed by atoms with Crippen molar-refractivity contribution in [1.29, 1.82) is 0 Å². The van der Waals surface area contributed by atoms with E-state index in [-0.39, 0.29) is 5.97 Å². The molecule has 4 heteroatoms. The maximum absolute atomic E-state index is 11.8. The second-order valence-electron chi connectivity index (χ2n) is 3.92. The number of para-hydroxylation sites is 1. The van der Waals surface area contributed by atoms with Crippen molar-refractivity contribution in [2.24, 2.45) is 0 Å². The van der Waals surface area contributed by atoms with E-state index in [9.17, 15) is 4.79 Å². The van der Waals surface area contributed by atoms with Gasteiger partial charge in [-0.15, -0.1) is 0 Å². The van der Waals surface area contributed by atoms with Gasteiger partial charge in [0.1, 0.15) is 0 Å². The number of fused-ring (bicyclic) bond motifs is 1. The SMILES string of the molecule is CCOC(=O)C1=CN(OCC)c2ccccc2C1. The average molecular weight is 247 g/mol. The summed E-state index contributed by atoms with van der Waals surface area (Å²) >= 11 is 0. The molecule has 0 amide bonds. The molecule has 0 radical (unpaired) electrons. The summed E-state index contributed by atoms with van der Waals surface area (Å²) in [5.41, 5.74) is 2.66. The first-order valence-corrected chi connectivity index (χ1v) is 6.14. The van der Waals surface area contributed by atoms with E-state index >= 15 is 0 Å². The number of hydrogen-bond acceptors (Lipinski definition) is 4. The van der Waals surface area contributed by atoms with E-state index in [1.54, 1.807) is 18.2 Å². The van der Waals surface area contributed by atoms with Gasteiger partial charge in [-0.05, 0) is 25.5 Å². The van der Waals surface area contributed by atoms with Crippen LogP contribution in [0.15, 0.2) is 36.0 Å². The van der Waals surface area contributed by atoms with E-state index in [2.05, 4.69) is 0 Å². The fourth-order valence-corrected chi connectivity index (χ4v) is 1.93. The number of hydrogen-bond donors (Lipinski definition) is 0. The van der Waals surface area contributed by atoms with E-state index in [0.717, 1.165) is 11.3 Å². The molecule has 0 aromatic heterocycles. The number of carbonyl (C=O) groups excluding carboxylic acids is 1. The van der Waals surface area contributed by atoms with Gasteiger partial charge in [-0.25, -0.2) is 9.86 Å². The lowest BCUT2D eigenvalue weighted by Crippen LogP contribution is -2.25. The highest BCUT2D eigenvalue weighted by atomic mass is 16.7. The molecule has 0 saturated carbocycles. The highest BCUT2D eigenvalue weighted by Gasteiger charge is 2.22. The lowest BCUT2D eigenvalue weighted by atomic mass is 10.0. The summed E-state index contributed by atoms with van der Waals surface area (Å²) in [5, 5.41) is 1.64. The van der Waals surface area contributed by atoms with Crippen molar-refractivity contribution in [2.45, 2.75) is 20.3 Å². The molecule has 0 bridgehead atoms. The van der Waals surface area contributed by atoms with Crippen molar-refractivity contribution in [3.63, 3.8) is 0 Å². The maximum Gasteiger partial charge on any atom is 0.335 e. The topological polar surface area (TPSA) is 38.8 Å². The molecule has 2 rings (SSSR count). The van der Waals surface area contributed by atoms with Crippen LogP contribution in [0.1, 0.15) is 19.4 Å². The third kappa shape index (κ3) is 2.54. The second-order valence-corrected chi connectivity index (χ2v) is 3.92. The largest absolute Gasteiger partial charge is 0.463 e. The number of anilines is 1. The lowest BCUT2D eigenvalue weighted by Gasteiger charge is -2.27. The summed E-state index contributed by atoms with van der Waals surface area (Å²) < 4.78 is 5.03. The smallest absolute Gasteiger partial charge is 0.335 e. The van der Waals surface area contributed by atoms with Crippen molar-refractivity contribution < 1.29 is 14.4 Å². The average Bonchev–Trinajstić information content (AvgIpc) is 2.39. The normalized spacial score (nSPS) is 13.9. The lowest BCUT2D eigenvalue weighted by molar-refractivity contribution is -0.138. The predicted molar refractivity (Wildman–Crippen MR) is 69.0 cm³/mol. The number of ether oxygens (including phenoxy) is 1.